The van der Waals surface area contributed by atoms with E-state index in [0.29, 0.717) is 18.0 Å². The molecule has 1 aliphatic carbocycles. The summed E-state index contributed by atoms with van der Waals surface area (Å²) in [6.45, 7) is 2.12. The molecule has 4 heteroatoms. The second kappa shape index (κ2) is 4.60. The highest BCUT2D eigenvalue weighted by Gasteiger charge is 2.20. The molecule has 0 saturated heterocycles. The Balaban J connectivity index is 2.19. The summed E-state index contributed by atoms with van der Waals surface area (Å²) in [7, 11) is 0. The van der Waals surface area contributed by atoms with Crippen LogP contribution in [0.3, 0.4) is 0 Å². The van der Waals surface area contributed by atoms with Crippen molar-refractivity contribution >= 4 is 17.7 Å². The van der Waals surface area contributed by atoms with Gasteiger partial charge in [0.05, 0.1) is 6.04 Å². The van der Waals surface area contributed by atoms with Crippen molar-refractivity contribution in [1.82, 2.24) is 5.32 Å². The first kappa shape index (κ1) is 9.71. The highest BCUT2D eigenvalue weighted by Crippen LogP contribution is 2.22. The third kappa shape index (κ3) is 3.85. The van der Waals surface area contributed by atoms with Crippen molar-refractivity contribution in [2.75, 3.05) is 12.0 Å². The van der Waals surface area contributed by atoms with Crippen molar-refractivity contribution in [2.45, 2.75) is 31.8 Å². The Morgan fingerprint density at radius 2 is 2.42 bits per heavy atom. The van der Waals surface area contributed by atoms with Crippen LogP contribution < -0.4 is 11.1 Å². The van der Waals surface area contributed by atoms with E-state index in [0.717, 1.165) is 5.75 Å². The van der Waals surface area contributed by atoms with Crippen LogP contribution in [0, 0.1) is 0 Å². The molecule has 1 unspecified atom stereocenters. The van der Waals surface area contributed by atoms with Crippen LogP contribution in [0.25, 0.3) is 0 Å². The molecule has 1 saturated carbocycles. The minimum absolute atomic E-state index is 0.419. The van der Waals surface area contributed by atoms with E-state index in [2.05, 4.69) is 23.5 Å². The molecule has 3 nitrogen and oxygen atoms in total. The zero-order valence-corrected chi connectivity index (χ0v) is 8.53. The molecular weight excluding hydrogens is 170 g/mol. The molecule has 0 spiro atoms. The predicted molar refractivity (Wildman–Crippen MR) is 55.6 cm³/mol. The summed E-state index contributed by atoms with van der Waals surface area (Å²) in [4.78, 5) is 4.28. The normalized spacial score (nSPS) is 20.7. The fraction of sp³-hybridized carbons (Fsp3) is 0.875. The van der Waals surface area contributed by atoms with Crippen LogP contribution in [-0.2, 0) is 0 Å². The number of nitrogens with zero attached hydrogens (tertiary/aromatic N) is 1. The lowest BCUT2D eigenvalue weighted by Crippen LogP contribution is -2.39. The molecule has 0 amide bonds. The Morgan fingerprint density at radius 1 is 1.75 bits per heavy atom. The van der Waals surface area contributed by atoms with Gasteiger partial charge in [-0.1, -0.05) is 0 Å². The number of nitrogens with one attached hydrogen (secondary N) is 1. The van der Waals surface area contributed by atoms with Crippen LogP contribution in [-0.4, -0.2) is 30.1 Å². The van der Waals surface area contributed by atoms with Crippen molar-refractivity contribution in [3.63, 3.8) is 0 Å². The maximum atomic E-state index is 5.68. The van der Waals surface area contributed by atoms with Gasteiger partial charge in [-0.3, -0.25) is 4.99 Å². The standard InChI is InChI=1S/C8H17N3S/c1-6(5-12-2)10-8(9)11-7-3-4-7/h6-7H,3-5H2,1-2H3,(H3,9,10,11). The summed E-state index contributed by atoms with van der Waals surface area (Å²) in [5, 5.41) is 3.16. The van der Waals surface area contributed by atoms with E-state index in [1.807, 2.05) is 11.8 Å². The maximum Gasteiger partial charge on any atom is 0.189 e. The smallest absolute Gasteiger partial charge is 0.189 e. The summed E-state index contributed by atoms with van der Waals surface area (Å²) in [5.74, 6) is 1.68. The van der Waals surface area contributed by atoms with Crippen molar-refractivity contribution in [1.29, 1.82) is 0 Å². The lowest BCUT2D eigenvalue weighted by atomic mass is 10.4. The van der Waals surface area contributed by atoms with Gasteiger partial charge in [0.15, 0.2) is 5.96 Å². The Hall–Kier alpha value is -0.380. The molecular formula is C8H17N3S. The first-order chi connectivity index (χ1) is 5.72. The van der Waals surface area contributed by atoms with Crippen molar-refractivity contribution in [3.05, 3.63) is 0 Å². The van der Waals surface area contributed by atoms with Gasteiger partial charge in [-0.2, -0.15) is 11.8 Å². The number of aliphatic imine (C=N–C) groups is 1. The Bertz CT molecular complexity index is 166. The highest BCUT2D eigenvalue weighted by molar-refractivity contribution is 7.98. The Morgan fingerprint density at radius 3 is 2.92 bits per heavy atom. The summed E-state index contributed by atoms with van der Waals surface area (Å²) in [5.41, 5.74) is 5.68. The number of hydrogen-bond donors (Lipinski definition) is 2. The van der Waals surface area contributed by atoms with Gasteiger partial charge in [0.25, 0.3) is 0 Å². The Kier molecular flexibility index (Phi) is 3.72. The largest absolute Gasteiger partial charge is 0.370 e. The Labute approximate surface area is 78.2 Å². The van der Waals surface area contributed by atoms with Gasteiger partial charge in [0.1, 0.15) is 0 Å². The molecule has 70 valence electrons. The fourth-order valence-electron chi connectivity index (χ4n) is 0.982. The van der Waals surface area contributed by atoms with Gasteiger partial charge in [-0.25, -0.2) is 0 Å². The number of thioether (sulfide) groups is 1. The van der Waals surface area contributed by atoms with E-state index in [1.165, 1.54) is 12.8 Å². The quantitative estimate of drug-likeness (QED) is 0.506. The monoisotopic (exact) mass is 187 g/mol. The molecule has 0 radical (unpaired) electrons. The molecule has 1 fully saturated rings. The third-order valence-corrected chi connectivity index (χ3v) is 2.51. The second-order valence-corrected chi connectivity index (χ2v) is 4.16. The third-order valence-electron chi connectivity index (χ3n) is 1.68. The van der Waals surface area contributed by atoms with E-state index in [-0.39, 0.29) is 0 Å². The molecule has 0 aliphatic heterocycles. The second-order valence-electron chi connectivity index (χ2n) is 3.25. The summed E-state index contributed by atoms with van der Waals surface area (Å²) in [6, 6.07) is 0.932. The number of hydrogen-bond acceptors (Lipinski definition) is 2. The average Bonchev–Trinajstić information content (AvgIpc) is 2.71. The lowest BCUT2D eigenvalue weighted by molar-refractivity contribution is 0.734. The van der Waals surface area contributed by atoms with Crippen LogP contribution in [0.5, 0.6) is 0 Å². The van der Waals surface area contributed by atoms with E-state index >= 15 is 0 Å². The number of rotatable bonds is 4. The van der Waals surface area contributed by atoms with E-state index in [9.17, 15) is 0 Å². The summed E-state index contributed by atoms with van der Waals surface area (Å²) in [6.07, 6.45) is 4.50. The van der Waals surface area contributed by atoms with Gasteiger partial charge in [0, 0.05) is 11.8 Å². The van der Waals surface area contributed by atoms with Crippen molar-refractivity contribution in [2.24, 2.45) is 10.7 Å². The zero-order valence-electron chi connectivity index (χ0n) is 7.71. The molecule has 1 aliphatic rings. The van der Waals surface area contributed by atoms with Gasteiger partial charge < -0.3 is 11.1 Å². The molecule has 0 aromatic heterocycles. The molecule has 0 aromatic rings. The van der Waals surface area contributed by atoms with Crippen molar-refractivity contribution in [3.8, 4) is 0 Å². The van der Waals surface area contributed by atoms with Crippen LogP contribution in [0.15, 0.2) is 4.99 Å². The number of guanidine groups is 1. The topological polar surface area (TPSA) is 50.4 Å². The van der Waals surface area contributed by atoms with Crippen LogP contribution >= 0.6 is 11.8 Å². The molecule has 0 bridgehead atoms. The van der Waals surface area contributed by atoms with Crippen molar-refractivity contribution < 1.29 is 0 Å². The molecule has 3 N–H and O–H groups in total. The molecule has 0 aromatic carbocycles. The van der Waals surface area contributed by atoms with Crippen LogP contribution in [0.1, 0.15) is 19.8 Å². The lowest BCUT2D eigenvalue weighted by Gasteiger charge is -2.12. The molecule has 0 heterocycles. The zero-order chi connectivity index (χ0) is 8.97. The molecule has 12 heavy (non-hydrogen) atoms. The van der Waals surface area contributed by atoms with Gasteiger partial charge >= 0.3 is 0 Å². The van der Waals surface area contributed by atoms with Crippen LogP contribution in [0.4, 0.5) is 0 Å². The van der Waals surface area contributed by atoms with Gasteiger partial charge in [-0.05, 0) is 26.0 Å². The fourth-order valence-corrected chi connectivity index (χ4v) is 1.57. The molecule has 1 rings (SSSR count). The minimum Gasteiger partial charge on any atom is -0.370 e. The minimum atomic E-state index is 0.419. The number of nitrogens with two attached hydrogens (primary N) is 1. The maximum absolute atomic E-state index is 5.68. The first-order valence-electron chi connectivity index (χ1n) is 4.31. The summed E-state index contributed by atoms with van der Waals surface area (Å²) >= 11 is 1.81. The average molecular weight is 187 g/mol. The molecule has 1 atom stereocenters. The first-order valence-corrected chi connectivity index (χ1v) is 5.70. The van der Waals surface area contributed by atoms with Gasteiger partial charge in [-0.15, -0.1) is 0 Å². The summed E-state index contributed by atoms with van der Waals surface area (Å²) < 4.78 is 0. The van der Waals surface area contributed by atoms with E-state index in [1.54, 1.807) is 0 Å². The van der Waals surface area contributed by atoms with E-state index < -0.39 is 0 Å². The predicted octanol–water partition coefficient (Wildman–Crippen LogP) is 0.805. The van der Waals surface area contributed by atoms with Crippen LogP contribution in [0.2, 0.25) is 0 Å². The highest BCUT2D eigenvalue weighted by atomic mass is 32.2. The SMILES string of the molecule is CSCC(C)NC(N)=NC1CC1. The van der Waals surface area contributed by atoms with E-state index in [4.69, 9.17) is 5.73 Å². The van der Waals surface area contributed by atoms with Gasteiger partial charge in [0.2, 0.25) is 0 Å².